The molecule has 0 aliphatic heterocycles. The molecular weight excluding hydrogens is 360 g/mol. The average Bonchev–Trinajstić information content (AvgIpc) is 2.97. The van der Waals surface area contributed by atoms with Crippen LogP contribution in [0.5, 0.6) is 11.5 Å². The number of carbonyl (C=O) groups excluding carboxylic acids is 1. The van der Waals surface area contributed by atoms with E-state index in [0.717, 1.165) is 16.5 Å². The fraction of sp³-hybridized carbons (Fsp3) is 0.278. The van der Waals surface area contributed by atoms with E-state index in [9.17, 15) is 4.79 Å². The number of rotatable bonds is 7. The molecular formula is C18H19BrO4. The van der Waals surface area contributed by atoms with E-state index in [2.05, 4.69) is 15.9 Å². The summed E-state index contributed by atoms with van der Waals surface area (Å²) in [5, 5.41) is 0. The molecule has 122 valence electrons. The van der Waals surface area contributed by atoms with Gasteiger partial charge in [-0.2, -0.15) is 0 Å². The predicted molar refractivity (Wildman–Crippen MR) is 93.3 cm³/mol. The van der Waals surface area contributed by atoms with Crippen LogP contribution < -0.4 is 9.47 Å². The van der Waals surface area contributed by atoms with E-state index in [0.29, 0.717) is 29.6 Å². The first-order chi connectivity index (χ1) is 11.0. The zero-order valence-electron chi connectivity index (χ0n) is 13.4. The fourth-order valence-corrected chi connectivity index (χ4v) is 2.58. The minimum atomic E-state index is -0.181. The molecule has 1 heterocycles. The Bertz CT molecular complexity index is 716. The van der Waals surface area contributed by atoms with Crippen LogP contribution >= 0.6 is 15.9 Å². The number of hydrogen-bond acceptors (Lipinski definition) is 4. The third-order valence-corrected chi connectivity index (χ3v) is 3.70. The Kier molecular flexibility index (Phi) is 6.04. The number of ketones is 1. The molecule has 0 radical (unpaired) electrons. The lowest BCUT2D eigenvalue weighted by molar-refractivity contribution is 0.102. The smallest absolute Gasteiger partial charge is 0.221 e. The SMILES string of the molecule is CCCOc1c(Br)cc(C=CC(=O)c2ccc(C)o2)cc1OC. The van der Waals surface area contributed by atoms with Gasteiger partial charge in [0.15, 0.2) is 17.3 Å². The highest BCUT2D eigenvalue weighted by Gasteiger charge is 2.11. The van der Waals surface area contributed by atoms with Crippen molar-refractivity contribution in [1.82, 2.24) is 0 Å². The molecule has 0 aliphatic rings. The van der Waals surface area contributed by atoms with Crippen molar-refractivity contribution in [2.75, 3.05) is 13.7 Å². The molecule has 2 aromatic rings. The number of methoxy groups -OCH3 is 1. The van der Waals surface area contributed by atoms with Crippen molar-refractivity contribution in [1.29, 1.82) is 0 Å². The van der Waals surface area contributed by atoms with E-state index >= 15 is 0 Å². The van der Waals surface area contributed by atoms with Crippen molar-refractivity contribution in [2.45, 2.75) is 20.3 Å². The van der Waals surface area contributed by atoms with Gasteiger partial charge in [-0.25, -0.2) is 0 Å². The van der Waals surface area contributed by atoms with Gasteiger partial charge in [0.1, 0.15) is 5.76 Å². The first kappa shape index (κ1) is 17.3. The molecule has 0 amide bonds. The van der Waals surface area contributed by atoms with Crippen LogP contribution in [-0.4, -0.2) is 19.5 Å². The van der Waals surface area contributed by atoms with Gasteiger partial charge in [0.05, 0.1) is 18.2 Å². The minimum absolute atomic E-state index is 0.181. The molecule has 0 bridgehead atoms. The van der Waals surface area contributed by atoms with Crippen molar-refractivity contribution >= 4 is 27.8 Å². The van der Waals surface area contributed by atoms with Crippen LogP contribution in [0.4, 0.5) is 0 Å². The molecule has 23 heavy (non-hydrogen) atoms. The summed E-state index contributed by atoms with van der Waals surface area (Å²) >= 11 is 3.48. The van der Waals surface area contributed by atoms with Crippen molar-refractivity contribution in [3.8, 4) is 11.5 Å². The zero-order chi connectivity index (χ0) is 16.8. The molecule has 1 aromatic carbocycles. The van der Waals surface area contributed by atoms with Gasteiger partial charge in [0, 0.05) is 0 Å². The van der Waals surface area contributed by atoms with Crippen LogP contribution in [0.25, 0.3) is 6.08 Å². The normalized spacial score (nSPS) is 11.0. The minimum Gasteiger partial charge on any atom is -0.493 e. The maximum absolute atomic E-state index is 12.0. The Morgan fingerprint density at radius 2 is 2.13 bits per heavy atom. The molecule has 2 rings (SSSR count). The quantitative estimate of drug-likeness (QED) is 0.499. The highest BCUT2D eigenvalue weighted by molar-refractivity contribution is 9.10. The highest BCUT2D eigenvalue weighted by atomic mass is 79.9. The first-order valence-corrected chi connectivity index (χ1v) is 8.13. The summed E-state index contributed by atoms with van der Waals surface area (Å²) in [6.45, 7) is 4.46. The van der Waals surface area contributed by atoms with Gasteiger partial charge in [-0.05, 0) is 65.2 Å². The average molecular weight is 379 g/mol. The number of furan rings is 1. The molecule has 0 saturated carbocycles. The highest BCUT2D eigenvalue weighted by Crippen LogP contribution is 2.37. The summed E-state index contributed by atoms with van der Waals surface area (Å²) < 4.78 is 17.1. The van der Waals surface area contributed by atoms with Crippen LogP contribution in [0.1, 0.15) is 35.2 Å². The van der Waals surface area contributed by atoms with Crippen molar-refractivity contribution in [2.24, 2.45) is 0 Å². The Hall–Kier alpha value is -2.01. The van der Waals surface area contributed by atoms with Crippen LogP contribution in [0, 0.1) is 6.92 Å². The number of benzene rings is 1. The molecule has 1 aromatic heterocycles. The van der Waals surface area contributed by atoms with Gasteiger partial charge in [-0.15, -0.1) is 0 Å². The van der Waals surface area contributed by atoms with Crippen molar-refractivity contribution in [3.05, 3.63) is 51.9 Å². The lowest BCUT2D eigenvalue weighted by Gasteiger charge is -2.12. The number of carbonyl (C=O) groups is 1. The number of hydrogen-bond donors (Lipinski definition) is 0. The van der Waals surface area contributed by atoms with Crippen LogP contribution in [-0.2, 0) is 0 Å². The molecule has 0 atom stereocenters. The van der Waals surface area contributed by atoms with E-state index in [1.807, 2.05) is 19.1 Å². The predicted octanol–water partition coefficient (Wildman–Crippen LogP) is 5.04. The van der Waals surface area contributed by atoms with Gasteiger partial charge in [0.25, 0.3) is 0 Å². The lowest BCUT2D eigenvalue weighted by Crippen LogP contribution is -1.99. The standard InChI is InChI=1S/C18H19BrO4/c1-4-9-22-18-14(19)10-13(11-17(18)21-3)6-7-15(20)16-8-5-12(2)23-16/h5-8,10-11H,4,9H2,1-3H3. The maximum atomic E-state index is 12.0. The monoisotopic (exact) mass is 378 g/mol. The number of allylic oxidation sites excluding steroid dienone is 1. The van der Waals surface area contributed by atoms with Crippen molar-refractivity contribution in [3.63, 3.8) is 0 Å². The summed E-state index contributed by atoms with van der Waals surface area (Å²) in [6, 6.07) is 7.14. The Morgan fingerprint density at radius 1 is 1.35 bits per heavy atom. The molecule has 4 nitrogen and oxygen atoms in total. The third kappa shape index (κ3) is 4.48. The van der Waals surface area contributed by atoms with Crippen LogP contribution in [0.15, 0.2) is 39.2 Å². The van der Waals surface area contributed by atoms with Gasteiger partial charge >= 0.3 is 0 Å². The second-order valence-corrected chi connectivity index (χ2v) is 5.84. The Balaban J connectivity index is 2.21. The van der Waals surface area contributed by atoms with E-state index in [-0.39, 0.29) is 5.78 Å². The lowest BCUT2D eigenvalue weighted by atomic mass is 10.1. The number of halogens is 1. The summed E-state index contributed by atoms with van der Waals surface area (Å²) in [7, 11) is 1.59. The molecule has 0 spiro atoms. The Morgan fingerprint density at radius 3 is 2.74 bits per heavy atom. The fourth-order valence-electron chi connectivity index (χ4n) is 2.00. The Labute approximate surface area is 144 Å². The summed E-state index contributed by atoms with van der Waals surface area (Å²) in [4.78, 5) is 12.0. The molecule has 0 saturated heterocycles. The zero-order valence-corrected chi connectivity index (χ0v) is 15.0. The molecule has 0 aliphatic carbocycles. The van der Waals surface area contributed by atoms with Gasteiger partial charge in [0.2, 0.25) is 5.78 Å². The van der Waals surface area contributed by atoms with Crippen LogP contribution in [0.3, 0.4) is 0 Å². The van der Waals surface area contributed by atoms with Crippen LogP contribution in [0.2, 0.25) is 0 Å². The number of ether oxygens (including phenoxy) is 2. The van der Waals surface area contributed by atoms with E-state index in [1.54, 1.807) is 32.2 Å². The molecule has 5 heteroatoms. The van der Waals surface area contributed by atoms with Gasteiger partial charge in [-0.1, -0.05) is 13.0 Å². The first-order valence-electron chi connectivity index (χ1n) is 7.34. The topological polar surface area (TPSA) is 48.7 Å². The maximum Gasteiger partial charge on any atom is 0.221 e. The summed E-state index contributed by atoms with van der Waals surface area (Å²) in [5.74, 6) is 2.14. The van der Waals surface area contributed by atoms with E-state index in [1.165, 1.54) is 6.08 Å². The second-order valence-electron chi connectivity index (χ2n) is 4.99. The van der Waals surface area contributed by atoms with Gasteiger partial charge < -0.3 is 13.9 Å². The largest absolute Gasteiger partial charge is 0.493 e. The molecule has 0 N–H and O–H groups in total. The second kappa shape index (κ2) is 8.02. The summed E-state index contributed by atoms with van der Waals surface area (Å²) in [5.41, 5.74) is 0.828. The summed E-state index contributed by atoms with van der Waals surface area (Å²) in [6.07, 6.45) is 4.11. The third-order valence-electron chi connectivity index (χ3n) is 3.11. The van der Waals surface area contributed by atoms with Crippen molar-refractivity contribution < 1.29 is 18.7 Å². The molecule has 0 unspecified atom stereocenters. The van der Waals surface area contributed by atoms with Gasteiger partial charge in [-0.3, -0.25) is 4.79 Å². The molecule has 0 fully saturated rings. The number of aryl methyl sites for hydroxylation is 1. The van der Waals surface area contributed by atoms with E-state index in [4.69, 9.17) is 13.9 Å². The van der Waals surface area contributed by atoms with E-state index < -0.39 is 0 Å².